The van der Waals surface area contributed by atoms with Crippen LogP contribution in [0.5, 0.6) is 5.75 Å². The number of carboxylic acids is 1. The molecule has 0 aliphatic carbocycles. The van der Waals surface area contributed by atoms with Crippen molar-refractivity contribution in [3.8, 4) is 17.0 Å². The third kappa shape index (κ3) is 3.15. The zero-order chi connectivity index (χ0) is 13.7. The van der Waals surface area contributed by atoms with Crippen LogP contribution >= 0.6 is 0 Å². The Hall–Kier alpha value is -2.70. The number of benzene rings is 1. The number of H-pyrrole nitrogens is 1. The highest BCUT2D eigenvalue weighted by molar-refractivity contribution is 5.86. The molecule has 0 spiro atoms. The fourth-order valence-corrected chi connectivity index (χ4v) is 1.52. The second kappa shape index (κ2) is 5.76. The lowest BCUT2D eigenvalue weighted by Gasteiger charge is -2.03. The lowest BCUT2D eigenvalue weighted by atomic mass is 10.1. The molecule has 2 aromatic rings. The van der Waals surface area contributed by atoms with Gasteiger partial charge in [-0.15, -0.1) is 0 Å². The van der Waals surface area contributed by atoms with Gasteiger partial charge < -0.3 is 9.84 Å². The maximum atomic E-state index is 10.4. The first-order valence-corrected chi connectivity index (χ1v) is 5.48. The van der Waals surface area contributed by atoms with Crippen LogP contribution in [0.2, 0.25) is 0 Å². The van der Waals surface area contributed by atoms with Gasteiger partial charge in [0.15, 0.2) is 6.61 Å². The van der Waals surface area contributed by atoms with E-state index >= 15 is 0 Å². The molecule has 0 saturated heterocycles. The Bertz CT molecular complexity index is 589. The van der Waals surface area contributed by atoms with Crippen LogP contribution < -0.4 is 4.74 Å². The highest BCUT2D eigenvalue weighted by Gasteiger charge is 2.08. The van der Waals surface area contributed by atoms with E-state index in [4.69, 9.17) is 9.84 Å². The van der Waals surface area contributed by atoms with Gasteiger partial charge in [0, 0.05) is 12.6 Å². The summed E-state index contributed by atoms with van der Waals surface area (Å²) in [7, 11) is 1.65. The second-order valence-corrected chi connectivity index (χ2v) is 3.65. The molecule has 0 fully saturated rings. The number of nitrogens with one attached hydrogen (secondary N) is 1. The largest absolute Gasteiger partial charge is 0.482 e. The minimum atomic E-state index is -1.01. The molecule has 0 aliphatic heterocycles. The Balaban J connectivity index is 2.17. The quantitative estimate of drug-likeness (QED) is 0.780. The Kier molecular flexibility index (Phi) is 3.87. The fraction of sp³-hybridized carbons (Fsp3) is 0.167. The van der Waals surface area contributed by atoms with Gasteiger partial charge in [-0.2, -0.15) is 15.4 Å². The van der Waals surface area contributed by atoms with Gasteiger partial charge in [-0.25, -0.2) is 4.79 Å². The molecule has 0 unspecified atom stereocenters. The Morgan fingerprint density at radius 3 is 2.79 bits per heavy atom. The summed E-state index contributed by atoms with van der Waals surface area (Å²) in [6.07, 6.45) is 1.60. The molecule has 0 radical (unpaired) electrons. The summed E-state index contributed by atoms with van der Waals surface area (Å²) < 4.78 is 5.05. The number of ether oxygens (including phenoxy) is 1. The van der Waals surface area contributed by atoms with Crippen LogP contribution in [0, 0.1) is 0 Å². The first kappa shape index (κ1) is 12.7. The van der Waals surface area contributed by atoms with Gasteiger partial charge in [0.2, 0.25) is 0 Å². The van der Waals surface area contributed by atoms with E-state index in [-0.39, 0.29) is 6.61 Å². The van der Waals surface area contributed by atoms with Crippen molar-refractivity contribution < 1.29 is 14.6 Å². The molecule has 0 atom stereocenters. The zero-order valence-corrected chi connectivity index (χ0v) is 10.2. The predicted molar refractivity (Wildman–Crippen MR) is 68.5 cm³/mol. The van der Waals surface area contributed by atoms with E-state index in [1.807, 2.05) is 0 Å². The van der Waals surface area contributed by atoms with E-state index in [2.05, 4.69) is 20.4 Å². The summed E-state index contributed by atoms with van der Waals surface area (Å²) in [5.41, 5.74) is 2.16. The molecule has 0 amide bonds. The number of aromatic nitrogens is 3. The molecule has 1 aromatic heterocycles. The molecule has 19 heavy (non-hydrogen) atoms. The Morgan fingerprint density at radius 1 is 1.42 bits per heavy atom. The van der Waals surface area contributed by atoms with Gasteiger partial charge >= 0.3 is 5.97 Å². The minimum Gasteiger partial charge on any atom is -0.482 e. The smallest absolute Gasteiger partial charge is 0.341 e. The number of aromatic amines is 1. The van der Waals surface area contributed by atoms with Crippen molar-refractivity contribution in [1.29, 1.82) is 0 Å². The normalized spacial score (nSPS) is 10.8. The number of hydrogen-bond donors (Lipinski definition) is 2. The first-order valence-electron chi connectivity index (χ1n) is 5.48. The molecule has 0 saturated carbocycles. The molecule has 7 heteroatoms. The summed E-state index contributed by atoms with van der Waals surface area (Å²) in [4.78, 5) is 14.3. The highest BCUT2D eigenvalue weighted by atomic mass is 16.5. The number of carboxylic acid groups (broad SMARTS) is 1. The first-order chi connectivity index (χ1) is 9.20. The van der Waals surface area contributed by atoms with Gasteiger partial charge in [-0.05, 0) is 24.3 Å². The van der Waals surface area contributed by atoms with Gasteiger partial charge in [0.25, 0.3) is 0 Å². The van der Waals surface area contributed by atoms with Crippen molar-refractivity contribution in [2.24, 2.45) is 4.99 Å². The maximum Gasteiger partial charge on any atom is 0.341 e. The topological polar surface area (TPSA) is 100 Å². The maximum absolute atomic E-state index is 10.4. The number of nitrogens with zero attached hydrogens (tertiary/aromatic N) is 3. The fourth-order valence-electron chi connectivity index (χ4n) is 1.52. The number of aliphatic carboxylic acids is 1. The van der Waals surface area contributed by atoms with E-state index in [1.54, 1.807) is 37.5 Å². The third-order valence-electron chi connectivity index (χ3n) is 2.32. The molecular formula is C12H12N4O3. The summed E-state index contributed by atoms with van der Waals surface area (Å²) in [5, 5.41) is 19.1. The molecule has 0 aliphatic rings. The van der Waals surface area contributed by atoms with Crippen molar-refractivity contribution in [2.75, 3.05) is 13.7 Å². The molecule has 2 N–H and O–H groups in total. The average Bonchev–Trinajstić information content (AvgIpc) is 2.86. The SMILES string of the molecule is CN=Cc1n[nH]nc1-c1ccc(OCC(=O)O)cc1. The van der Waals surface area contributed by atoms with E-state index in [0.29, 0.717) is 17.1 Å². The molecular weight excluding hydrogens is 248 g/mol. The van der Waals surface area contributed by atoms with Crippen molar-refractivity contribution in [3.63, 3.8) is 0 Å². The van der Waals surface area contributed by atoms with Crippen LogP contribution in [-0.4, -0.2) is 46.4 Å². The zero-order valence-electron chi connectivity index (χ0n) is 10.2. The average molecular weight is 260 g/mol. The van der Waals surface area contributed by atoms with Crippen LogP contribution in [-0.2, 0) is 4.79 Å². The van der Waals surface area contributed by atoms with E-state index < -0.39 is 5.97 Å². The van der Waals surface area contributed by atoms with Crippen LogP contribution in [0.25, 0.3) is 11.3 Å². The third-order valence-corrected chi connectivity index (χ3v) is 2.32. The monoisotopic (exact) mass is 260 g/mol. The van der Waals surface area contributed by atoms with Crippen molar-refractivity contribution in [2.45, 2.75) is 0 Å². The van der Waals surface area contributed by atoms with E-state index in [9.17, 15) is 4.79 Å². The van der Waals surface area contributed by atoms with Crippen LogP contribution in [0.1, 0.15) is 5.69 Å². The van der Waals surface area contributed by atoms with Crippen LogP contribution in [0.15, 0.2) is 29.3 Å². The summed E-state index contributed by atoms with van der Waals surface area (Å²) in [6, 6.07) is 6.92. The molecule has 7 nitrogen and oxygen atoms in total. The van der Waals surface area contributed by atoms with Gasteiger partial charge in [-0.1, -0.05) is 0 Å². The van der Waals surface area contributed by atoms with Crippen LogP contribution in [0.3, 0.4) is 0 Å². The number of carbonyl (C=O) groups is 1. The van der Waals surface area contributed by atoms with Crippen LogP contribution in [0.4, 0.5) is 0 Å². The Labute approximate surface area is 108 Å². The predicted octanol–water partition coefficient (Wildman–Crippen LogP) is 0.984. The number of rotatable bonds is 5. The minimum absolute atomic E-state index is 0.364. The highest BCUT2D eigenvalue weighted by Crippen LogP contribution is 2.21. The van der Waals surface area contributed by atoms with E-state index in [0.717, 1.165) is 5.56 Å². The second-order valence-electron chi connectivity index (χ2n) is 3.65. The lowest BCUT2D eigenvalue weighted by molar-refractivity contribution is -0.139. The molecule has 1 aromatic carbocycles. The number of hydrogen-bond acceptors (Lipinski definition) is 5. The summed E-state index contributed by atoms with van der Waals surface area (Å²) >= 11 is 0. The van der Waals surface area contributed by atoms with Gasteiger partial charge in [0.1, 0.15) is 17.1 Å². The van der Waals surface area contributed by atoms with E-state index in [1.165, 1.54) is 0 Å². The van der Waals surface area contributed by atoms with Gasteiger partial charge in [-0.3, -0.25) is 4.99 Å². The van der Waals surface area contributed by atoms with Crippen molar-refractivity contribution in [3.05, 3.63) is 30.0 Å². The summed E-state index contributed by atoms with van der Waals surface area (Å²) in [5.74, 6) is -0.526. The molecule has 2 rings (SSSR count). The molecule has 98 valence electrons. The summed E-state index contributed by atoms with van der Waals surface area (Å²) in [6.45, 7) is -0.364. The van der Waals surface area contributed by atoms with Crippen molar-refractivity contribution >= 4 is 12.2 Å². The molecule has 0 bridgehead atoms. The number of aliphatic imine (C=N–C) groups is 1. The lowest BCUT2D eigenvalue weighted by Crippen LogP contribution is -2.09. The van der Waals surface area contributed by atoms with Gasteiger partial charge in [0.05, 0.1) is 6.21 Å². The Morgan fingerprint density at radius 2 is 2.16 bits per heavy atom. The standard InChI is InChI=1S/C12H12N4O3/c1-13-6-10-12(15-16-14-10)8-2-4-9(5-3-8)19-7-11(17)18/h2-6H,7H2,1H3,(H,17,18)(H,14,15,16). The molecule has 1 heterocycles. The van der Waals surface area contributed by atoms with Crippen molar-refractivity contribution in [1.82, 2.24) is 15.4 Å².